The third kappa shape index (κ3) is 5.31. The van der Waals surface area contributed by atoms with E-state index in [9.17, 15) is 0 Å². The van der Waals surface area contributed by atoms with Crippen molar-refractivity contribution in [1.29, 1.82) is 0 Å². The number of nitrogens with one attached hydrogen (secondary N) is 2. The van der Waals surface area contributed by atoms with Gasteiger partial charge in [0.25, 0.3) is 0 Å². The first-order chi connectivity index (χ1) is 10.5. The largest absolute Gasteiger partial charge is 0.357 e. The van der Waals surface area contributed by atoms with Crippen molar-refractivity contribution < 1.29 is 0 Å². The molecule has 6 heteroatoms. The summed E-state index contributed by atoms with van der Waals surface area (Å²) in [6.07, 6.45) is 6.01. The fraction of sp³-hybridized carbons (Fsp3) is 0.812. The predicted octanol–water partition coefficient (Wildman–Crippen LogP) is 1.97. The smallest absolute Gasteiger partial charge is 0.191 e. The zero-order chi connectivity index (χ0) is 16.0. The lowest BCUT2D eigenvalue weighted by atomic mass is 9.91. The second-order valence-corrected chi connectivity index (χ2v) is 7.16. The fourth-order valence-electron chi connectivity index (χ4n) is 2.67. The van der Waals surface area contributed by atoms with Gasteiger partial charge in [0.05, 0.1) is 6.54 Å². The highest BCUT2D eigenvalue weighted by atomic mass is 15.4. The normalized spacial score (nSPS) is 18.9. The maximum absolute atomic E-state index is 4.70. The first-order valence-corrected chi connectivity index (χ1v) is 8.39. The maximum atomic E-state index is 4.70. The summed E-state index contributed by atoms with van der Waals surface area (Å²) in [4.78, 5) is 8.97. The van der Waals surface area contributed by atoms with Crippen LogP contribution in [0.1, 0.15) is 52.8 Å². The standard InChI is InChI=1S/C16H30N6/c1-5-17-15(18-10-6-9-16(2,3)4)21-13-7-8-14-19-12-20-22(14)11-13/h12-13H,5-11H2,1-4H3,(H2,17,18,21). The lowest BCUT2D eigenvalue weighted by Crippen LogP contribution is -2.47. The molecule has 1 aliphatic rings. The average molecular weight is 306 g/mol. The molecule has 0 saturated carbocycles. The molecule has 0 aliphatic carbocycles. The van der Waals surface area contributed by atoms with Crippen LogP contribution in [0.15, 0.2) is 11.3 Å². The quantitative estimate of drug-likeness (QED) is 0.496. The van der Waals surface area contributed by atoms with Gasteiger partial charge in [-0.05, 0) is 31.6 Å². The van der Waals surface area contributed by atoms with E-state index in [1.165, 1.54) is 6.42 Å². The third-order valence-corrected chi connectivity index (χ3v) is 3.85. The van der Waals surface area contributed by atoms with Crippen molar-refractivity contribution in [3.05, 3.63) is 12.2 Å². The van der Waals surface area contributed by atoms with Gasteiger partial charge in [-0.2, -0.15) is 5.10 Å². The highest BCUT2D eigenvalue weighted by Crippen LogP contribution is 2.20. The number of rotatable bonds is 5. The van der Waals surface area contributed by atoms with Crippen molar-refractivity contribution in [1.82, 2.24) is 25.4 Å². The average Bonchev–Trinajstić information content (AvgIpc) is 2.90. The summed E-state index contributed by atoms with van der Waals surface area (Å²) in [5.74, 6) is 2.01. The highest BCUT2D eigenvalue weighted by Gasteiger charge is 2.20. The number of aromatic nitrogens is 3. The summed E-state index contributed by atoms with van der Waals surface area (Å²) in [6, 6.07) is 0.370. The van der Waals surface area contributed by atoms with Crippen LogP contribution in [-0.4, -0.2) is 39.9 Å². The molecule has 0 bridgehead atoms. The summed E-state index contributed by atoms with van der Waals surface area (Å²) in [5, 5.41) is 11.1. The number of hydrogen-bond acceptors (Lipinski definition) is 3. The molecule has 1 unspecified atom stereocenters. The number of nitrogens with zero attached hydrogens (tertiary/aromatic N) is 4. The Hall–Kier alpha value is -1.59. The van der Waals surface area contributed by atoms with E-state index in [4.69, 9.17) is 4.99 Å². The summed E-state index contributed by atoms with van der Waals surface area (Å²) in [7, 11) is 0. The minimum atomic E-state index is 0.370. The summed E-state index contributed by atoms with van der Waals surface area (Å²) < 4.78 is 1.99. The van der Waals surface area contributed by atoms with E-state index in [1.54, 1.807) is 6.33 Å². The van der Waals surface area contributed by atoms with Crippen molar-refractivity contribution in [3.8, 4) is 0 Å². The zero-order valence-corrected chi connectivity index (χ0v) is 14.4. The highest BCUT2D eigenvalue weighted by molar-refractivity contribution is 5.80. The second-order valence-electron chi connectivity index (χ2n) is 7.16. The molecular weight excluding hydrogens is 276 g/mol. The summed E-state index contributed by atoms with van der Waals surface area (Å²) in [5.41, 5.74) is 0.383. The molecule has 0 amide bonds. The van der Waals surface area contributed by atoms with Gasteiger partial charge in [-0.1, -0.05) is 20.8 Å². The molecule has 0 spiro atoms. The predicted molar refractivity (Wildman–Crippen MR) is 89.9 cm³/mol. The van der Waals surface area contributed by atoms with Gasteiger partial charge in [-0.25, -0.2) is 9.67 Å². The molecular formula is C16H30N6. The van der Waals surface area contributed by atoms with Gasteiger partial charge in [-0.3, -0.25) is 4.99 Å². The SMILES string of the molecule is CCNC(=NCCCC(C)(C)C)NC1CCc2ncnn2C1. The molecule has 22 heavy (non-hydrogen) atoms. The molecule has 6 nitrogen and oxygen atoms in total. The van der Waals surface area contributed by atoms with Gasteiger partial charge in [0, 0.05) is 25.6 Å². The Balaban J connectivity index is 1.83. The lowest BCUT2D eigenvalue weighted by molar-refractivity contribution is 0.367. The Morgan fingerprint density at radius 3 is 3.00 bits per heavy atom. The molecule has 1 atom stereocenters. The van der Waals surface area contributed by atoms with E-state index in [2.05, 4.69) is 48.4 Å². The number of guanidine groups is 1. The number of fused-ring (bicyclic) bond motifs is 1. The van der Waals surface area contributed by atoms with Gasteiger partial charge in [0.2, 0.25) is 0 Å². The number of aliphatic imine (C=N–C) groups is 1. The molecule has 2 heterocycles. The van der Waals surface area contributed by atoms with Gasteiger partial charge in [0.1, 0.15) is 12.2 Å². The number of hydrogen-bond donors (Lipinski definition) is 2. The maximum Gasteiger partial charge on any atom is 0.191 e. The first kappa shape index (κ1) is 16.8. The van der Waals surface area contributed by atoms with Crippen LogP contribution in [0, 0.1) is 5.41 Å². The Kier molecular flexibility index (Phi) is 5.80. The lowest BCUT2D eigenvalue weighted by Gasteiger charge is -2.25. The van der Waals surface area contributed by atoms with E-state index < -0.39 is 0 Å². The van der Waals surface area contributed by atoms with Gasteiger partial charge in [0.15, 0.2) is 5.96 Å². The third-order valence-electron chi connectivity index (χ3n) is 3.85. The van der Waals surface area contributed by atoms with E-state index in [1.807, 2.05) is 4.68 Å². The summed E-state index contributed by atoms with van der Waals surface area (Å²) in [6.45, 7) is 11.5. The van der Waals surface area contributed by atoms with Crippen LogP contribution in [0.4, 0.5) is 0 Å². The molecule has 2 rings (SSSR count). The fourth-order valence-corrected chi connectivity index (χ4v) is 2.67. The molecule has 124 valence electrons. The molecule has 0 saturated heterocycles. The molecule has 1 aromatic heterocycles. The van der Waals surface area contributed by atoms with E-state index >= 15 is 0 Å². The number of aryl methyl sites for hydroxylation is 1. The van der Waals surface area contributed by atoms with Crippen LogP contribution >= 0.6 is 0 Å². The minimum absolute atomic E-state index is 0.370. The van der Waals surface area contributed by atoms with Crippen molar-refractivity contribution in [2.24, 2.45) is 10.4 Å². The monoisotopic (exact) mass is 306 g/mol. The first-order valence-electron chi connectivity index (χ1n) is 8.39. The molecule has 0 aromatic carbocycles. The second kappa shape index (κ2) is 7.61. The van der Waals surface area contributed by atoms with Crippen LogP contribution in [0.2, 0.25) is 0 Å². The van der Waals surface area contributed by atoms with Crippen molar-refractivity contribution >= 4 is 5.96 Å². The molecule has 1 aliphatic heterocycles. The Morgan fingerprint density at radius 1 is 1.45 bits per heavy atom. The van der Waals surface area contributed by atoms with E-state index in [-0.39, 0.29) is 0 Å². The van der Waals surface area contributed by atoms with Crippen LogP contribution in [0.5, 0.6) is 0 Å². The van der Waals surface area contributed by atoms with E-state index in [0.29, 0.717) is 11.5 Å². The van der Waals surface area contributed by atoms with Gasteiger partial charge < -0.3 is 10.6 Å². The van der Waals surface area contributed by atoms with Crippen LogP contribution in [0.3, 0.4) is 0 Å². The van der Waals surface area contributed by atoms with Crippen LogP contribution in [0.25, 0.3) is 0 Å². The molecule has 0 fully saturated rings. The molecule has 0 radical (unpaired) electrons. The van der Waals surface area contributed by atoms with E-state index in [0.717, 1.165) is 50.7 Å². The van der Waals surface area contributed by atoms with Gasteiger partial charge >= 0.3 is 0 Å². The van der Waals surface area contributed by atoms with Crippen molar-refractivity contribution in [3.63, 3.8) is 0 Å². The summed E-state index contributed by atoms with van der Waals surface area (Å²) >= 11 is 0. The molecule has 2 N–H and O–H groups in total. The minimum Gasteiger partial charge on any atom is -0.357 e. The van der Waals surface area contributed by atoms with Gasteiger partial charge in [-0.15, -0.1) is 0 Å². The Morgan fingerprint density at radius 2 is 2.27 bits per heavy atom. The van der Waals surface area contributed by atoms with Crippen LogP contribution < -0.4 is 10.6 Å². The zero-order valence-electron chi connectivity index (χ0n) is 14.4. The molecule has 1 aromatic rings. The Labute approximate surface area is 133 Å². The van der Waals surface area contributed by atoms with Crippen molar-refractivity contribution in [2.75, 3.05) is 13.1 Å². The topological polar surface area (TPSA) is 67.1 Å². The van der Waals surface area contributed by atoms with Crippen LogP contribution in [-0.2, 0) is 13.0 Å². The Bertz CT molecular complexity index is 485. The van der Waals surface area contributed by atoms with Crippen molar-refractivity contribution in [2.45, 2.75) is 66.0 Å².